The summed E-state index contributed by atoms with van der Waals surface area (Å²) in [5, 5.41) is 23.2. The van der Waals surface area contributed by atoms with Gasteiger partial charge in [0.1, 0.15) is 17.2 Å². The van der Waals surface area contributed by atoms with Crippen molar-refractivity contribution in [1.29, 1.82) is 0 Å². The Morgan fingerprint density at radius 1 is 1.06 bits per heavy atom. The second kappa shape index (κ2) is 9.87. The third-order valence-corrected chi connectivity index (χ3v) is 5.67. The number of aromatic hydroxyl groups is 1. The van der Waals surface area contributed by atoms with Crippen LogP contribution in [-0.2, 0) is 14.8 Å². The number of nitrogens with one attached hydrogen (secondary N) is 2. The standard InChI is InChI=1S/C21H19N3O8S/c1-31-20-8-3-2-7-17(20)23-33(29,30)16-9-10-19(25)18(12-16)22-21(26)13-32-15-6-4-5-14(11-15)24(27)28/h2-12,23,25H,13H2,1H3,(H,22,26). The number of hydrogen-bond donors (Lipinski definition) is 3. The van der Waals surface area contributed by atoms with Crippen LogP contribution in [0, 0.1) is 10.1 Å². The number of ether oxygens (including phenoxy) is 2. The first-order valence-corrected chi connectivity index (χ1v) is 10.8. The average molecular weight is 473 g/mol. The number of phenolic OH excluding ortho intramolecular Hbond substituents is 1. The van der Waals surface area contributed by atoms with Gasteiger partial charge in [0.25, 0.3) is 21.6 Å². The summed E-state index contributed by atoms with van der Waals surface area (Å²) in [6.07, 6.45) is 0. The van der Waals surface area contributed by atoms with E-state index in [0.717, 1.165) is 18.2 Å². The summed E-state index contributed by atoms with van der Waals surface area (Å²) in [5.41, 5.74) is -0.152. The van der Waals surface area contributed by atoms with Gasteiger partial charge in [-0.3, -0.25) is 19.6 Å². The number of para-hydroxylation sites is 2. The molecule has 0 fully saturated rings. The van der Waals surface area contributed by atoms with Crippen LogP contribution >= 0.6 is 0 Å². The van der Waals surface area contributed by atoms with Gasteiger partial charge >= 0.3 is 0 Å². The van der Waals surface area contributed by atoms with E-state index in [1.54, 1.807) is 18.2 Å². The molecule has 0 radical (unpaired) electrons. The van der Waals surface area contributed by atoms with E-state index >= 15 is 0 Å². The van der Waals surface area contributed by atoms with E-state index < -0.39 is 27.5 Å². The summed E-state index contributed by atoms with van der Waals surface area (Å²) in [6, 6.07) is 15.1. The average Bonchev–Trinajstić information content (AvgIpc) is 2.79. The van der Waals surface area contributed by atoms with Gasteiger partial charge in [0, 0.05) is 6.07 Å². The summed E-state index contributed by atoms with van der Waals surface area (Å²) < 4.78 is 38.3. The number of carbonyl (C=O) groups excluding carboxylic acids is 1. The molecule has 172 valence electrons. The fraction of sp³-hybridized carbons (Fsp3) is 0.0952. The van der Waals surface area contributed by atoms with E-state index in [1.165, 1.54) is 37.4 Å². The molecule has 0 atom stereocenters. The van der Waals surface area contributed by atoms with Crippen molar-refractivity contribution in [2.75, 3.05) is 23.8 Å². The quantitative estimate of drug-likeness (QED) is 0.243. The number of methoxy groups -OCH3 is 1. The fourth-order valence-electron chi connectivity index (χ4n) is 2.74. The lowest BCUT2D eigenvalue weighted by molar-refractivity contribution is -0.384. The lowest BCUT2D eigenvalue weighted by Gasteiger charge is -2.13. The largest absolute Gasteiger partial charge is 0.506 e. The molecule has 0 aliphatic carbocycles. The second-order valence-corrected chi connectivity index (χ2v) is 8.26. The van der Waals surface area contributed by atoms with Crippen molar-refractivity contribution in [2.45, 2.75) is 4.90 Å². The van der Waals surface area contributed by atoms with Gasteiger partial charge in [-0.15, -0.1) is 0 Å². The molecule has 0 heterocycles. The van der Waals surface area contributed by atoms with Crippen LogP contribution in [0.1, 0.15) is 0 Å². The minimum atomic E-state index is -4.08. The highest BCUT2D eigenvalue weighted by Gasteiger charge is 2.19. The molecule has 0 aliphatic heterocycles. The number of anilines is 2. The van der Waals surface area contributed by atoms with E-state index in [2.05, 4.69) is 10.0 Å². The number of benzene rings is 3. The molecule has 0 aliphatic rings. The van der Waals surface area contributed by atoms with Crippen molar-refractivity contribution >= 4 is 33.0 Å². The highest BCUT2D eigenvalue weighted by Crippen LogP contribution is 2.30. The summed E-state index contributed by atoms with van der Waals surface area (Å²) in [5.74, 6) is -0.674. The fourth-order valence-corrected chi connectivity index (χ4v) is 3.83. The first-order chi connectivity index (χ1) is 15.7. The molecule has 0 aromatic heterocycles. The maximum Gasteiger partial charge on any atom is 0.273 e. The molecule has 3 aromatic carbocycles. The van der Waals surface area contributed by atoms with Crippen LogP contribution in [0.4, 0.5) is 17.1 Å². The Morgan fingerprint density at radius 3 is 2.55 bits per heavy atom. The SMILES string of the molecule is COc1ccccc1NS(=O)(=O)c1ccc(O)c(NC(=O)COc2cccc([N+](=O)[O-])c2)c1. The van der Waals surface area contributed by atoms with E-state index in [1.807, 2.05) is 0 Å². The van der Waals surface area contributed by atoms with Crippen LogP contribution in [0.2, 0.25) is 0 Å². The number of carbonyl (C=O) groups is 1. The molecule has 1 amide bonds. The first-order valence-electron chi connectivity index (χ1n) is 9.35. The second-order valence-electron chi connectivity index (χ2n) is 6.58. The monoisotopic (exact) mass is 473 g/mol. The number of hydrogen-bond acceptors (Lipinski definition) is 8. The Hall–Kier alpha value is -4.32. The number of sulfonamides is 1. The van der Waals surface area contributed by atoms with Crippen molar-refractivity contribution in [1.82, 2.24) is 0 Å². The molecule has 12 heteroatoms. The van der Waals surface area contributed by atoms with Gasteiger partial charge in [-0.25, -0.2) is 8.42 Å². The Kier molecular flexibility index (Phi) is 6.98. The van der Waals surface area contributed by atoms with Crippen LogP contribution in [0.5, 0.6) is 17.2 Å². The third kappa shape index (κ3) is 5.89. The number of amides is 1. The topological polar surface area (TPSA) is 157 Å². The molecule has 11 nitrogen and oxygen atoms in total. The summed E-state index contributed by atoms with van der Waals surface area (Å²) >= 11 is 0. The molecule has 0 saturated carbocycles. The molecule has 33 heavy (non-hydrogen) atoms. The molecule has 0 unspecified atom stereocenters. The van der Waals surface area contributed by atoms with Gasteiger partial charge in [-0.1, -0.05) is 18.2 Å². The lowest BCUT2D eigenvalue weighted by Crippen LogP contribution is -2.21. The van der Waals surface area contributed by atoms with E-state index in [-0.39, 0.29) is 33.5 Å². The molecule has 3 rings (SSSR count). The number of rotatable bonds is 9. The highest BCUT2D eigenvalue weighted by molar-refractivity contribution is 7.92. The van der Waals surface area contributed by atoms with Crippen molar-refractivity contribution in [3.05, 3.63) is 76.8 Å². The predicted octanol–water partition coefficient (Wildman–Crippen LogP) is 3.13. The van der Waals surface area contributed by atoms with Crippen LogP contribution < -0.4 is 19.5 Å². The van der Waals surface area contributed by atoms with Crippen molar-refractivity contribution in [2.24, 2.45) is 0 Å². The van der Waals surface area contributed by atoms with Crippen LogP contribution in [0.15, 0.2) is 71.6 Å². The van der Waals surface area contributed by atoms with Crippen molar-refractivity contribution in [3.8, 4) is 17.2 Å². The van der Waals surface area contributed by atoms with Crippen molar-refractivity contribution in [3.63, 3.8) is 0 Å². The van der Waals surface area contributed by atoms with E-state index in [4.69, 9.17) is 9.47 Å². The van der Waals surface area contributed by atoms with Crippen LogP contribution in [-0.4, -0.2) is 38.1 Å². The maximum atomic E-state index is 12.8. The molecular formula is C21H19N3O8S. The Balaban J connectivity index is 1.72. The maximum absolute atomic E-state index is 12.8. The molecular weight excluding hydrogens is 454 g/mol. The number of nitrogens with zero attached hydrogens (tertiary/aromatic N) is 1. The van der Waals surface area contributed by atoms with Crippen LogP contribution in [0.25, 0.3) is 0 Å². The number of non-ortho nitro benzene ring substituents is 1. The van der Waals surface area contributed by atoms with Gasteiger partial charge in [-0.05, 0) is 36.4 Å². The molecule has 0 spiro atoms. The summed E-state index contributed by atoms with van der Waals surface area (Å²) in [4.78, 5) is 22.2. The number of nitro benzene ring substituents is 1. The van der Waals surface area contributed by atoms with E-state index in [9.17, 15) is 28.4 Å². The van der Waals surface area contributed by atoms with Gasteiger partial charge in [-0.2, -0.15) is 0 Å². The normalized spacial score (nSPS) is 10.8. The zero-order valence-electron chi connectivity index (χ0n) is 17.2. The molecule has 0 saturated heterocycles. The zero-order valence-corrected chi connectivity index (χ0v) is 18.0. The Morgan fingerprint density at radius 2 is 1.82 bits per heavy atom. The van der Waals surface area contributed by atoms with Crippen molar-refractivity contribution < 1.29 is 32.7 Å². The smallest absolute Gasteiger partial charge is 0.273 e. The lowest BCUT2D eigenvalue weighted by atomic mass is 10.3. The molecule has 3 aromatic rings. The van der Waals surface area contributed by atoms with Crippen LogP contribution in [0.3, 0.4) is 0 Å². The van der Waals surface area contributed by atoms with E-state index in [0.29, 0.717) is 5.75 Å². The minimum absolute atomic E-state index is 0.0981. The predicted molar refractivity (Wildman–Crippen MR) is 119 cm³/mol. The summed E-state index contributed by atoms with van der Waals surface area (Å²) in [7, 11) is -2.68. The summed E-state index contributed by atoms with van der Waals surface area (Å²) in [6.45, 7) is -0.531. The molecule has 0 bridgehead atoms. The number of nitro groups is 1. The highest BCUT2D eigenvalue weighted by atomic mass is 32.2. The Bertz CT molecular complexity index is 1290. The Labute approximate surface area is 188 Å². The first kappa shape index (κ1) is 23.3. The van der Waals surface area contributed by atoms with Gasteiger partial charge in [0.05, 0.1) is 34.4 Å². The third-order valence-electron chi connectivity index (χ3n) is 4.30. The van der Waals surface area contributed by atoms with Gasteiger partial charge < -0.3 is 19.9 Å². The molecule has 3 N–H and O–H groups in total. The minimum Gasteiger partial charge on any atom is -0.506 e. The number of phenols is 1. The van der Waals surface area contributed by atoms with Gasteiger partial charge in [0.2, 0.25) is 0 Å². The zero-order chi connectivity index (χ0) is 24.0. The van der Waals surface area contributed by atoms with Gasteiger partial charge in [0.15, 0.2) is 6.61 Å².